The van der Waals surface area contributed by atoms with Crippen LogP contribution in [-0.2, 0) is 0 Å². The molecule has 0 radical (unpaired) electrons. The van der Waals surface area contributed by atoms with Crippen LogP contribution in [0.2, 0.25) is 0 Å². The van der Waals surface area contributed by atoms with Crippen LogP contribution >= 0.6 is 11.3 Å². The quantitative estimate of drug-likeness (QED) is 0.832. The summed E-state index contributed by atoms with van der Waals surface area (Å²) < 4.78 is 0. The lowest BCUT2D eigenvalue weighted by Crippen LogP contribution is -2.44. The number of rotatable bonds is 3. The van der Waals surface area contributed by atoms with Crippen LogP contribution < -0.4 is 5.32 Å². The third kappa shape index (κ3) is 2.73. The van der Waals surface area contributed by atoms with Crippen LogP contribution in [0.25, 0.3) is 0 Å². The predicted octanol–water partition coefficient (Wildman–Crippen LogP) is 1.62. The molecule has 1 saturated heterocycles. The Labute approximate surface area is 106 Å². The molecule has 1 atom stereocenters. The molecule has 1 fully saturated rings. The van der Waals surface area contributed by atoms with E-state index in [2.05, 4.69) is 22.1 Å². The Hall–Kier alpha value is -0.780. The molecular formula is C12H19N3OS. The van der Waals surface area contributed by atoms with Gasteiger partial charge in [0.2, 0.25) is 0 Å². The van der Waals surface area contributed by atoms with Gasteiger partial charge >= 0.3 is 0 Å². The first-order chi connectivity index (χ1) is 8.09. The van der Waals surface area contributed by atoms with Crippen LogP contribution in [0.15, 0.2) is 0 Å². The summed E-state index contributed by atoms with van der Waals surface area (Å²) in [5.41, 5.74) is 0.875. The summed E-state index contributed by atoms with van der Waals surface area (Å²) in [5.74, 6) is 0.124. The minimum absolute atomic E-state index is 0.124. The number of aromatic nitrogens is 1. The molecule has 1 unspecified atom stereocenters. The molecule has 0 aromatic carbocycles. The van der Waals surface area contributed by atoms with Gasteiger partial charge in [-0.3, -0.25) is 9.69 Å². The largest absolute Gasteiger partial charge is 0.314 e. The number of nitrogens with one attached hydrogen (secondary N) is 1. The molecular weight excluding hydrogens is 234 g/mol. The van der Waals surface area contributed by atoms with E-state index in [0.717, 1.165) is 41.8 Å². The van der Waals surface area contributed by atoms with E-state index in [0.29, 0.717) is 6.04 Å². The Balaban J connectivity index is 2.15. The predicted molar refractivity (Wildman–Crippen MR) is 69.7 cm³/mol. The van der Waals surface area contributed by atoms with Crippen LogP contribution in [0.1, 0.15) is 40.3 Å². The summed E-state index contributed by atoms with van der Waals surface area (Å²) in [6.07, 6.45) is 0. The summed E-state index contributed by atoms with van der Waals surface area (Å²) in [5, 5.41) is 4.41. The molecule has 1 aromatic heterocycles. The van der Waals surface area contributed by atoms with Gasteiger partial charge in [-0.25, -0.2) is 4.98 Å². The zero-order chi connectivity index (χ0) is 12.4. The zero-order valence-corrected chi connectivity index (χ0v) is 11.4. The Morgan fingerprint density at radius 2 is 2.12 bits per heavy atom. The Kier molecular flexibility index (Phi) is 3.91. The van der Waals surface area contributed by atoms with E-state index in [4.69, 9.17) is 0 Å². The number of piperazine rings is 1. The Morgan fingerprint density at radius 1 is 1.47 bits per heavy atom. The Morgan fingerprint density at radius 3 is 2.65 bits per heavy atom. The van der Waals surface area contributed by atoms with Gasteiger partial charge in [0.1, 0.15) is 5.01 Å². The lowest BCUT2D eigenvalue weighted by atomic mass is 10.2. The fourth-order valence-corrected chi connectivity index (χ4v) is 3.20. The molecule has 17 heavy (non-hydrogen) atoms. The van der Waals surface area contributed by atoms with Crippen molar-refractivity contribution in [1.29, 1.82) is 0 Å². The number of aryl methyl sites for hydroxylation is 1. The first kappa shape index (κ1) is 12.7. The van der Waals surface area contributed by atoms with Gasteiger partial charge in [0.15, 0.2) is 5.78 Å². The van der Waals surface area contributed by atoms with Crippen molar-refractivity contribution in [3.05, 3.63) is 15.6 Å². The monoisotopic (exact) mass is 253 g/mol. The highest BCUT2D eigenvalue weighted by Crippen LogP contribution is 2.27. The van der Waals surface area contributed by atoms with Crippen LogP contribution in [-0.4, -0.2) is 41.8 Å². The number of hydrogen-bond donors (Lipinski definition) is 1. The highest BCUT2D eigenvalue weighted by molar-refractivity contribution is 7.13. The van der Waals surface area contributed by atoms with Gasteiger partial charge in [0, 0.05) is 33.1 Å². The topological polar surface area (TPSA) is 45.2 Å². The van der Waals surface area contributed by atoms with Gasteiger partial charge in [-0.05, 0) is 13.8 Å². The number of carbonyl (C=O) groups excluding carboxylic acids is 1. The molecule has 0 spiro atoms. The molecule has 5 heteroatoms. The molecule has 1 N–H and O–H groups in total. The van der Waals surface area contributed by atoms with E-state index >= 15 is 0 Å². The first-order valence-corrected chi connectivity index (χ1v) is 6.84. The van der Waals surface area contributed by atoms with Crippen LogP contribution in [0, 0.1) is 6.92 Å². The van der Waals surface area contributed by atoms with Crippen molar-refractivity contribution in [2.24, 2.45) is 0 Å². The third-order valence-corrected chi connectivity index (χ3v) is 4.62. The molecule has 0 bridgehead atoms. The molecule has 0 aliphatic carbocycles. The lowest BCUT2D eigenvalue weighted by Gasteiger charge is -2.31. The molecule has 4 nitrogen and oxygen atoms in total. The summed E-state index contributed by atoms with van der Waals surface area (Å²) in [7, 11) is 0. The van der Waals surface area contributed by atoms with Gasteiger partial charge in [-0.15, -0.1) is 11.3 Å². The normalized spacial score (nSPS) is 19.2. The van der Waals surface area contributed by atoms with Crippen LogP contribution in [0.3, 0.4) is 0 Å². The van der Waals surface area contributed by atoms with Crippen molar-refractivity contribution in [2.45, 2.75) is 26.8 Å². The maximum atomic E-state index is 11.4. The average Bonchev–Trinajstić information content (AvgIpc) is 2.71. The number of thiazole rings is 1. The molecule has 0 saturated carbocycles. The maximum absolute atomic E-state index is 11.4. The van der Waals surface area contributed by atoms with Crippen LogP contribution in [0.5, 0.6) is 0 Å². The smallest absolute Gasteiger partial charge is 0.171 e. The second-order valence-electron chi connectivity index (χ2n) is 4.48. The van der Waals surface area contributed by atoms with E-state index in [1.54, 1.807) is 18.3 Å². The van der Waals surface area contributed by atoms with Crippen LogP contribution in [0.4, 0.5) is 0 Å². The number of ketones is 1. The van der Waals surface area contributed by atoms with Crippen molar-refractivity contribution >= 4 is 17.1 Å². The first-order valence-electron chi connectivity index (χ1n) is 6.02. The van der Waals surface area contributed by atoms with Crippen molar-refractivity contribution in [1.82, 2.24) is 15.2 Å². The average molecular weight is 253 g/mol. The second-order valence-corrected chi connectivity index (χ2v) is 5.52. The number of nitrogens with zero attached hydrogens (tertiary/aromatic N) is 2. The third-order valence-electron chi connectivity index (χ3n) is 3.19. The fraction of sp³-hybridized carbons (Fsp3) is 0.667. The number of hydrogen-bond acceptors (Lipinski definition) is 5. The van der Waals surface area contributed by atoms with E-state index in [-0.39, 0.29) is 5.78 Å². The minimum Gasteiger partial charge on any atom is -0.314 e. The SMILES string of the molecule is CC(=O)c1sc(C(C)N2CCNCC2)nc1C. The van der Waals surface area contributed by atoms with E-state index in [9.17, 15) is 4.79 Å². The highest BCUT2D eigenvalue weighted by atomic mass is 32.1. The van der Waals surface area contributed by atoms with Gasteiger partial charge < -0.3 is 5.32 Å². The maximum Gasteiger partial charge on any atom is 0.171 e. The minimum atomic E-state index is 0.124. The lowest BCUT2D eigenvalue weighted by molar-refractivity contribution is 0.102. The summed E-state index contributed by atoms with van der Waals surface area (Å²) >= 11 is 1.55. The standard InChI is InChI=1S/C12H19N3OS/c1-8-11(10(3)16)17-12(14-8)9(2)15-6-4-13-5-7-15/h9,13H,4-7H2,1-3H3. The molecule has 94 valence electrons. The molecule has 0 amide bonds. The molecule has 1 aliphatic heterocycles. The summed E-state index contributed by atoms with van der Waals surface area (Å²) in [6.45, 7) is 9.88. The highest BCUT2D eigenvalue weighted by Gasteiger charge is 2.22. The van der Waals surface area contributed by atoms with Crippen molar-refractivity contribution in [3.8, 4) is 0 Å². The number of Topliss-reactive ketones (excluding diaryl/α,β-unsaturated/α-hetero) is 1. The van der Waals surface area contributed by atoms with Crippen molar-refractivity contribution in [3.63, 3.8) is 0 Å². The fourth-order valence-electron chi connectivity index (χ4n) is 2.15. The van der Waals surface area contributed by atoms with Crippen molar-refractivity contribution in [2.75, 3.05) is 26.2 Å². The molecule has 1 aromatic rings. The Bertz CT molecular complexity index is 410. The number of carbonyl (C=O) groups is 1. The molecule has 2 rings (SSSR count). The van der Waals surface area contributed by atoms with Gasteiger partial charge in [0.25, 0.3) is 0 Å². The van der Waals surface area contributed by atoms with E-state index in [1.165, 1.54) is 0 Å². The summed E-state index contributed by atoms with van der Waals surface area (Å²) in [4.78, 5) is 19.2. The zero-order valence-electron chi connectivity index (χ0n) is 10.6. The molecule has 1 aliphatic rings. The van der Waals surface area contributed by atoms with E-state index < -0.39 is 0 Å². The van der Waals surface area contributed by atoms with E-state index in [1.807, 2.05) is 6.92 Å². The van der Waals surface area contributed by atoms with Gasteiger partial charge in [0.05, 0.1) is 16.6 Å². The van der Waals surface area contributed by atoms with Crippen molar-refractivity contribution < 1.29 is 4.79 Å². The van der Waals surface area contributed by atoms with Gasteiger partial charge in [-0.1, -0.05) is 0 Å². The summed E-state index contributed by atoms with van der Waals surface area (Å²) in [6, 6.07) is 0.314. The van der Waals surface area contributed by atoms with Gasteiger partial charge in [-0.2, -0.15) is 0 Å². The second kappa shape index (κ2) is 5.25. The molecule has 2 heterocycles.